The van der Waals surface area contributed by atoms with E-state index in [4.69, 9.17) is 0 Å². The van der Waals surface area contributed by atoms with Crippen molar-refractivity contribution in [2.45, 2.75) is 0 Å². The van der Waals surface area contributed by atoms with Crippen molar-refractivity contribution < 1.29 is 0 Å². The van der Waals surface area contributed by atoms with Crippen LogP contribution in [0.1, 0.15) is 0 Å². The fraction of sp³-hybridized carbons (Fsp3) is 0. The number of aromatic nitrogens is 3. The van der Waals surface area contributed by atoms with Gasteiger partial charge in [-0.25, -0.2) is 0 Å². The van der Waals surface area contributed by atoms with E-state index in [0.29, 0.717) is 0 Å². The highest BCUT2D eigenvalue weighted by molar-refractivity contribution is 6.14. The van der Waals surface area contributed by atoms with Gasteiger partial charge in [-0.1, -0.05) is 170 Å². The second-order valence-corrected chi connectivity index (χ2v) is 18.9. The molecule has 330 valence electrons. The molecular formula is C68H43N3. The minimum absolute atomic E-state index is 1.12. The lowest BCUT2D eigenvalue weighted by atomic mass is 9.96. The van der Waals surface area contributed by atoms with Crippen LogP contribution in [0.25, 0.3) is 137 Å². The first-order chi connectivity index (χ1) is 35.2. The maximum absolute atomic E-state index is 2.47. The summed E-state index contributed by atoms with van der Waals surface area (Å²) in [6.07, 6.45) is 0. The summed E-state index contributed by atoms with van der Waals surface area (Å²) < 4.78 is 7.35. The third kappa shape index (κ3) is 6.16. The van der Waals surface area contributed by atoms with Crippen molar-refractivity contribution in [3.05, 3.63) is 261 Å². The normalized spacial score (nSPS) is 11.9. The minimum atomic E-state index is 1.12. The Labute approximate surface area is 409 Å². The summed E-state index contributed by atoms with van der Waals surface area (Å²) >= 11 is 0. The van der Waals surface area contributed by atoms with Crippen LogP contribution in [0.15, 0.2) is 261 Å². The molecule has 3 heteroatoms. The second-order valence-electron chi connectivity index (χ2n) is 18.9. The van der Waals surface area contributed by atoms with Gasteiger partial charge in [0.05, 0.1) is 38.8 Å². The van der Waals surface area contributed by atoms with Crippen molar-refractivity contribution in [2.75, 3.05) is 0 Å². The fourth-order valence-corrected chi connectivity index (χ4v) is 11.7. The Morgan fingerprint density at radius 1 is 0.183 bits per heavy atom. The number of para-hydroxylation sites is 3. The molecule has 15 rings (SSSR count). The smallest absolute Gasteiger partial charge is 0.0541 e. The summed E-state index contributed by atoms with van der Waals surface area (Å²) in [5.74, 6) is 0. The van der Waals surface area contributed by atoms with Gasteiger partial charge in [0.15, 0.2) is 0 Å². The molecule has 0 bridgehead atoms. The molecule has 15 aromatic rings. The SMILES string of the molecule is c1ccc(-c2ccc3c(c2)c2ccccc2n3-c2cc(-c3ccc4c(c3)c3ccccc3n4-c3ccc4ccccc4c3)cc(-c3ccc4c(c3)c3ccccc3n4-c3cccc4ccccc34)c2)cc1. The van der Waals surface area contributed by atoms with Crippen LogP contribution in [0.4, 0.5) is 0 Å². The first-order valence-electron chi connectivity index (χ1n) is 24.5. The molecule has 0 aliphatic carbocycles. The summed E-state index contributed by atoms with van der Waals surface area (Å²) in [5, 5.41) is 12.3. The van der Waals surface area contributed by atoms with Gasteiger partial charge < -0.3 is 13.7 Å². The van der Waals surface area contributed by atoms with Crippen molar-refractivity contribution in [3.63, 3.8) is 0 Å². The molecule has 0 amide bonds. The van der Waals surface area contributed by atoms with Crippen molar-refractivity contribution in [3.8, 4) is 50.4 Å². The molecule has 3 aromatic heterocycles. The van der Waals surface area contributed by atoms with Crippen LogP contribution in [0.2, 0.25) is 0 Å². The first kappa shape index (κ1) is 39.5. The second kappa shape index (κ2) is 15.5. The van der Waals surface area contributed by atoms with E-state index in [-0.39, 0.29) is 0 Å². The van der Waals surface area contributed by atoms with Crippen molar-refractivity contribution in [1.29, 1.82) is 0 Å². The third-order valence-electron chi connectivity index (χ3n) is 15.0. The van der Waals surface area contributed by atoms with Crippen molar-refractivity contribution in [2.24, 2.45) is 0 Å². The van der Waals surface area contributed by atoms with Gasteiger partial charge in [-0.2, -0.15) is 0 Å². The van der Waals surface area contributed by atoms with Crippen LogP contribution in [0.5, 0.6) is 0 Å². The molecule has 0 spiro atoms. The Bertz CT molecular complexity index is 4630. The molecule has 0 aliphatic rings. The summed E-state index contributed by atoms with van der Waals surface area (Å²) in [6.45, 7) is 0. The van der Waals surface area contributed by atoms with E-state index in [0.717, 1.165) is 22.5 Å². The zero-order chi connectivity index (χ0) is 46.6. The zero-order valence-corrected chi connectivity index (χ0v) is 38.7. The maximum atomic E-state index is 2.47. The quantitative estimate of drug-likeness (QED) is 0.158. The molecule has 3 heterocycles. The van der Waals surface area contributed by atoms with Crippen LogP contribution in [-0.2, 0) is 0 Å². The van der Waals surface area contributed by atoms with E-state index < -0.39 is 0 Å². The Balaban J connectivity index is 0.969. The zero-order valence-electron chi connectivity index (χ0n) is 38.7. The predicted molar refractivity (Wildman–Crippen MR) is 301 cm³/mol. The van der Waals surface area contributed by atoms with Crippen molar-refractivity contribution >= 4 is 87.0 Å². The van der Waals surface area contributed by atoms with Crippen LogP contribution in [0, 0.1) is 0 Å². The van der Waals surface area contributed by atoms with E-state index in [2.05, 4.69) is 275 Å². The maximum Gasteiger partial charge on any atom is 0.0541 e. The Kier molecular flexibility index (Phi) is 8.66. The standard InChI is InChI=1S/C68H43N3/c1-2-15-44(16-3-1)48-30-34-67-59(41-48)57-23-9-12-26-64(57)70(67)54-39-51(49-31-35-66-60(42-49)56-22-8-11-25-63(56)69(66)53-33-29-45-17-4-5-19-47(45)38-53)37-52(40-54)50-32-36-68-61(43-50)58-24-10-13-27-65(58)71(68)62-28-14-20-46-18-6-7-21-55(46)62/h1-43H. The van der Waals surface area contributed by atoms with Crippen molar-refractivity contribution in [1.82, 2.24) is 13.7 Å². The Hall–Kier alpha value is -9.44. The summed E-state index contributed by atoms with van der Waals surface area (Å²) in [7, 11) is 0. The molecular weight excluding hydrogens is 859 g/mol. The predicted octanol–water partition coefficient (Wildman–Crippen LogP) is 18.3. The van der Waals surface area contributed by atoms with E-state index in [1.165, 1.54) is 115 Å². The lowest BCUT2D eigenvalue weighted by molar-refractivity contribution is 1.18. The summed E-state index contributed by atoms with van der Waals surface area (Å²) in [5.41, 5.74) is 17.7. The number of benzene rings is 12. The van der Waals surface area contributed by atoms with Gasteiger partial charge in [-0.3, -0.25) is 0 Å². The molecule has 0 saturated carbocycles. The first-order valence-corrected chi connectivity index (χ1v) is 24.5. The third-order valence-corrected chi connectivity index (χ3v) is 15.0. The molecule has 3 nitrogen and oxygen atoms in total. The molecule has 71 heavy (non-hydrogen) atoms. The molecule has 0 radical (unpaired) electrons. The number of nitrogens with zero attached hydrogens (tertiary/aromatic N) is 3. The number of rotatable bonds is 6. The average molecular weight is 902 g/mol. The lowest BCUT2D eigenvalue weighted by Gasteiger charge is -2.15. The molecule has 0 atom stereocenters. The van der Waals surface area contributed by atoms with Crippen LogP contribution < -0.4 is 0 Å². The Morgan fingerprint density at radius 3 is 1.23 bits per heavy atom. The highest BCUT2D eigenvalue weighted by Crippen LogP contribution is 2.42. The van der Waals surface area contributed by atoms with Gasteiger partial charge in [-0.15, -0.1) is 0 Å². The summed E-state index contributed by atoms with van der Waals surface area (Å²) in [4.78, 5) is 0. The number of fused-ring (bicyclic) bond motifs is 11. The van der Waals surface area contributed by atoms with Gasteiger partial charge in [0.1, 0.15) is 0 Å². The van der Waals surface area contributed by atoms with E-state index in [9.17, 15) is 0 Å². The number of hydrogen-bond acceptors (Lipinski definition) is 0. The van der Waals surface area contributed by atoms with Gasteiger partial charge >= 0.3 is 0 Å². The summed E-state index contributed by atoms with van der Waals surface area (Å²) in [6, 6.07) is 96.3. The van der Waals surface area contributed by atoms with Gasteiger partial charge in [0.25, 0.3) is 0 Å². The number of hydrogen-bond donors (Lipinski definition) is 0. The molecule has 0 aliphatic heterocycles. The van der Waals surface area contributed by atoms with Crippen LogP contribution in [-0.4, -0.2) is 13.7 Å². The van der Waals surface area contributed by atoms with E-state index >= 15 is 0 Å². The molecule has 0 saturated heterocycles. The van der Waals surface area contributed by atoms with Gasteiger partial charge in [-0.05, 0) is 141 Å². The monoisotopic (exact) mass is 901 g/mol. The molecule has 12 aromatic carbocycles. The Morgan fingerprint density at radius 2 is 0.620 bits per heavy atom. The van der Waals surface area contributed by atoms with Gasteiger partial charge in [0.2, 0.25) is 0 Å². The molecule has 0 N–H and O–H groups in total. The topological polar surface area (TPSA) is 14.8 Å². The molecule has 0 unspecified atom stereocenters. The van der Waals surface area contributed by atoms with E-state index in [1.54, 1.807) is 0 Å². The lowest BCUT2D eigenvalue weighted by Crippen LogP contribution is -1.97. The van der Waals surface area contributed by atoms with Crippen LogP contribution >= 0.6 is 0 Å². The minimum Gasteiger partial charge on any atom is -0.309 e. The highest BCUT2D eigenvalue weighted by atomic mass is 15.0. The highest BCUT2D eigenvalue weighted by Gasteiger charge is 2.20. The van der Waals surface area contributed by atoms with Crippen LogP contribution in [0.3, 0.4) is 0 Å². The molecule has 0 fully saturated rings. The largest absolute Gasteiger partial charge is 0.309 e. The van der Waals surface area contributed by atoms with Gasteiger partial charge in [0, 0.05) is 49.1 Å². The fourth-order valence-electron chi connectivity index (χ4n) is 11.7. The average Bonchev–Trinajstić information content (AvgIpc) is 4.08. The van der Waals surface area contributed by atoms with E-state index in [1.807, 2.05) is 0 Å².